The second kappa shape index (κ2) is 8.28. The zero-order valence-electron chi connectivity index (χ0n) is 16.7. The first-order chi connectivity index (χ1) is 15.2. The van der Waals surface area contributed by atoms with Crippen LogP contribution in [0.15, 0.2) is 67.3 Å². The molecule has 0 aliphatic carbocycles. The number of halogens is 2. The average Bonchev–Trinajstić information content (AvgIpc) is 2.82. The molecule has 0 N–H and O–H groups in total. The van der Waals surface area contributed by atoms with E-state index in [1.165, 1.54) is 12.1 Å². The number of pyridine rings is 2. The van der Waals surface area contributed by atoms with Crippen LogP contribution in [0.5, 0.6) is 0 Å². The smallest absolute Gasteiger partial charge is 0.160 e. The van der Waals surface area contributed by atoms with Gasteiger partial charge in [-0.3, -0.25) is 14.9 Å². The highest BCUT2D eigenvalue weighted by Gasteiger charge is 2.19. The van der Waals surface area contributed by atoms with Gasteiger partial charge in [-0.25, -0.2) is 18.7 Å². The number of fused-ring (bicyclic) bond motifs is 1. The maximum absolute atomic E-state index is 13.5. The van der Waals surface area contributed by atoms with E-state index >= 15 is 0 Å². The normalized spacial score (nSPS) is 13.7. The van der Waals surface area contributed by atoms with Gasteiger partial charge < -0.3 is 0 Å². The Morgan fingerprint density at radius 1 is 0.903 bits per heavy atom. The Labute approximate surface area is 178 Å². The fourth-order valence-corrected chi connectivity index (χ4v) is 3.75. The molecule has 0 amide bonds. The van der Waals surface area contributed by atoms with Gasteiger partial charge in [0.25, 0.3) is 0 Å². The highest BCUT2D eigenvalue weighted by Crippen LogP contribution is 2.23. The summed E-state index contributed by atoms with van der Waals surface area (Å²) in [4.78, 5) is 20.1. The van der Waals surface area contributed by atoms with Gasteiger partial charge in [0.15, 0.2) is 17.5 Å². The molecule has 31 heavy (non-hydrogen) atoms. The molecular formula is C24H19F2N5. The lowest BCUT2D eigenvalue weighted by Crippen LogP contribution is -2.31. The first-order valence-electron chi connectivity index (χ1n) is 10.0. The van der Waals surface area contributed by atoms with Crippen LogP contribution in [-0.2, 0) is 19.5 Å². The van der Waals surface area contributed by atoms with Crippen molar-refractivity contribution >= 4 is 0 Å². The van der Waals surface area contributed by atoms with Gasteiger partial charge in [0.1, 0.15) is 0 Å². The molecule has 1 aromatic carbocycles. The lowest BCUT2D eigenvalue weighted by molar-refractivity contribution is 0.242. The van der Waals surface area contributed by atoms with Crippen molar-refractivity contribution in [3.8, 4) is 22.6 Å². The molecule has 154 valence electrons. The van der Waals surface area contributed by atoms with Crippen molar-refractivity contribution in [1.29, 1.82) is 0 Å². The molecule has 4 heterocycles. The molecule has 0 saturated carbocycles. The lowest BCUT2D eigenvalue weighted by Gasteiger charge is -2.28. The van der Waals surface area contributed by atoms with Crippen molar-refractivity contribution in [2.75, 3.05) is 6.54 Å². The molecule has 0 spiro atoms. The minimum absolute atomic E-state index is 0.555. The van der Waals surface area contributed by atoms with Crippen LogP contribution in [0.3, 0.4) is 0 Å². The Bertz CT molecular complexity index is 1210. The molecule has 0 saturated heterocycles. The molecule has 0 unspecified atom stereocenters. The van der Waals surface area contributed by atoms with Crippen molar-refractivity contribution in [2.45, 2.75) is 19.5 Å². The number of benzene rings is 1. The molecule has 3 aromatic heterocycles. The predicted molar refractivity (Wildman–Crippen MR) is 113 cm³/mol. The van der Waals surface area contributed by atoms with E-state index in [1.807, 2.05) is 30.5 Å². The maximum Gasteiger partial charge on any atom is 0.160 e. The maximum atomic E-state index is 13.5. The Morgan fingerprint density at radius 3 is 2.61 bits per heavy atom. The Hall–Kier alpha value is -3.58. The minimum atomic E-state index is -0.871. The van der Waals surface area contributed by atoms with Crippen molar-refractivity contribution < 1.29 is 8.78 Å². The van der Waals surface area contributed by atoms with Gasteiger partial charge in [-0.2, -0.15) is 0 Å². The number of aromatic nitrogens is 4. The van der Waals surface area contributed by atoms with Gasteiger partial charge in [-0.15, -0.1) is 0 Å². The van der Waals surface area contributed by atoms with Crippen LogP contribution in [0.2, 0.25) is 0 Å². The predicted octanol–water partition coefficient (Wildman–Crippen LogP) is 4.44. The Morgan fingerprint density at radius 2 is 1.84 bits per heavy atom. The SMILES string of the molecule is Fc1ccc(-c2ccc(CN3CCc4nc(-c5cccnc5)ncc4C3)cn2)cc1F. The molecule has 1 aliphatic heterocycles. The minimum Gasteiger partial charge on any atom is -0.294 e. The van der Waals surface area contributed by atoms with Crippen molar-refractivity contribution in [2.24, 2.45) is 0 Å². The van der Waals surface area contributed by atoms with Gasteiger partial charge in [0.05, 0.1) is 11.4 Å². The van der Waals surface area contributed by atoms with Gasteiger partial charge in [0.2, 0.25) is 0 Å². The van der Waals surface area contributed by atoms with E-state index < -0.39 is 11.6 Å². The number of rotatable bonds is 4. The summed E-state index contributed by atoms with van der Waals surface area (Å²) in [6.45, 7) is 2.41. The molecule has 0 atom stereocenters. The van der Waals surface area contributed by atoms with Gasteiger partial charge in [-0.1, -0.05) is 6.07 Å². The highest BCUT2D eigenvalue weighted by molar-refractivity contribution is 5.59. The Kier molecular flexibility index (Phi) is 5.18. The standard InChI is InChI=1S/C24H19F2N5/c25-20-5-4-17(10-21(20)26)22-6-3-16(11-28-22)14-31-9-7-23-19(15-31)13-29-24(30-23)18-2-1-8-27-12-18/h1-6,8,10-13H,7,9,14-15H2. The van der Waals surface area contributed by atoms with E-state index in [-0.39, 0.29) is 0 Å². The van der Waals surface area contributed by atoms with Crippen LogP contribution >= 0.6 is 0 Å². The molecule has 1 aliphatic rings. The fraction of sp³-hybridized carbons (Fsp3) is 0.167. The van der Waals surface area contributed by atoms with Gasteiger partial charge >= 0.3 is 0 Å². The molecule has 4 aromatic rings. The topological polar surface area (TPSA) is 54.8 Å². The second-order valence-electron chi connectivity index (χ2n) is 7.55. The van der Waals surface area contributed by atoms with Crippen molar-refractivity contribution in [1.82, 2.24) is 24.8 Å². The van der Waals surface area contributed by atoms with Crippen LogP contribution < -0.4 is 0 Å². The summed E-state index contributed by atoms with van der Waals surface area (Å²) < 4.78 is 26.6. The first-order valence-corrected chi connectivity index (χ1v) is 10.0. The summed E-state index contributed by atoms with van der Waals surface area (Å²) in [5, 5.41) is 0. The van der Waals surface area contributed by atoms with Crippen molar-refractivity contribution in [3.05, 3.63) is 95.7 Å². The second-order valence-corrected chi connectivity index (χ2v) is 7.55. The largest absolute Gasteiger partial charge is 0.294 e. The Balaban J connectivity index is 1.27. The quantitative estimate of drug-likeness (QED) is 0.493. The summed E-state index contributed by atoms with van der Waals surface area (Å²) in [5.41, 5.74) is 5.35. The van der Waals surface area contributed by atoms with Crippen molar-refractivity contribution in [3.63, 3.8) is 0 Å². The third-order valence-corrected chi connectivity index (χ3v) is 5.38. The highest BCUT2D eigenvalue weighted by atomic mass is 19.2. The number of hydrogen-bond donors (Lipinski definition) is 0. The zero-order chi connectivity index (χ0) is 21.2. The summed E-state index contributed by atoms with van der Waals surface area (Å²) in [6.07, 6.45) is 8.05. The summed E-state index contributed by atoms with van der Waals surface area (Å²) in [7, 11) is 0. The number of nitrogens with zero attached hydrogens (tertiary/aromatic N) is 5. The summed E-state index contributed by atoms with van der Waals surface area (Å²) in [6, 6.07) is 11.5. The third kappa shape index (κ3) is 4.18. The van der Waals surface area contributed by atoms with E-state index in [0.717, 1.165) is 54.5 Å². The number of hydrogen-bond acceptors (Lipinski definition) is 5. The zero-order valence-corrected chi connectivity index (χ0v) is 16.7. The summed E-state index contributed by atoms with van der Waals surface area (Å²) >= 11 is 0. The van der Waals surface area contributed by atoms with E-state index in [1.54, 1.807) is 18.6 Å². The molecule has 0 fully saturated rings. The monoisotopic (exact) mass is 415 g/mol. The van der Waals surface area contributed by atoms with Crippen LogP contribution in [0.25, 0.3) is 22.6 Å². The molecule has 5 nitrogen and oxygen atoms in total. The van der Waals surface area contributed by atoms with E-state index in [0.29, 0.717) is 17.1 Å². The van der Waals surface area contributed by atoms with Crippen LogP contribution in [0, 0.1) is 11.6 Å². The molecule has 5 rings (SSSR count). The van der Waals surface area contributed by atoms with E-state index in [4.69, 9.17) is 4.98 Å². The van der Waals surface area contributed by atoms with E-state index in [9.17, 15) is 8.78 Å². The van der Waals surface area contributed by atoms with Crippen LogP contribution in [0.4, 0.5) is 8.78 Å². The van der Waals surface area contributed by atoms with Crippen LogP contribution in [0.1, 0.15) is 16.8 Å². The molecule has 0 bridgehead atoms. The third-order valence-electron chi connectivity index (χ3n) is 5.38. The molecule has 7 heteroatoms. The fourth-order valence-electron chi connectivity index (χ4n) is 3.75. The average molecular weight is 415 g/mol. The van der Waals surface area contributed by atoms with Gasteiger partial charge in [-0.05, 0) is 42.0 Å². The summed E-state index contributed by atoms with van der Waals surface area (Å²) in [5.74, 6) is -1.02. The lowest BCUT2D eigenvalue weighted by atomic mass is 10.1. The molecular weight excluding hydrogens is 396 g/mol. The van der Waals surface area contributed by atoms with Crippen LogP contribution in [-0.4, -0.2) is 31.4 Å². The first kappa shape index (κ1) is 19.4. The van der Waals surface area contributed by atoms with E-state index in [2.05, 4.69) is 19.9 Å². The van der Waals surface area contributed by atoms with Gasteiger partial charge in [0, 0.05) is 67.5 Å². The molecule has 0 radical (unpaired) electrons.